The quantitative estimate of drug-likeness (QED) is 0.597. The molecular weight excluding hydrogens is 364 g/mol. The zero-order valence-corrected chi connectivity index (χ0v) is 15.6. The Bertz CT molecular complexity index is 933. The number of nitrogens with zero attached hydrogens (tertiary/aromatic N) is 4. The average molecular weight is 382 g/mol. The summed E-state index contributed by atoms with van der Waals surface area (Å²) in [6.45, 7) is 2.39. The van der Waals surface area contributed by atoms with E-state index in [4.69, 9.17) is 0 Å². The molecule has 0 spiro atoms. The molecule has 1 aromatic heterocycles. The number of aryl methyl sites for hydroxylation is 1. The van der Waals surface area contributed by atoms with Gasteiger partial charge in [0.1, 0.15) is 6.04 Å². The van der Waals surface area contributed by atoms with Crippen molar-refractivity contribution < 1.29 is 14.4 Å². The molecule has 3 heterocycles. The maximum absolute atomic E-state index is 13.1. The van der Waals surface area contributed by atoms with Crippen LogP contribution in [0.1, 0.15) is 28.9 Å². The Kier molecular flexibility index (Phi) is 4.65. The molecule has 8 heteroatoms. The minimum atomic E-state index is -0.575. The number of hydrogen-bond acceptors (Lipinski definition) is 6. The fourth-order valence-corrected chi connectivity index (χ4v) is 4.21. The lowest BCUT2D eigenvalue weighted by Gasteiger charge is -2.24. The number of fused-ring (bicyclic) bond motifs is 2. The zero-order chi connectivity index (χ0) is 19.0. The summed E-state index contributed by atoms with van der Waals surface area (Å²) in [6, 6.07) is 8.00. The van der Waals surface area contributed by atoms with Gasteiger partial charge < -0.3 is 4.90 Å². The second kappa shape index (κ2) is 7.11. The number of thioether (sulfide) groups is 1. The molecule has 138 valence electrons. The summed E-state index contributed by atoms with van der Waals surface area (Å²) in [5.41, 5.74) is 1.56. The van der Waals surface area contributed by atoms with Gasteiger partial charge in [-0.3, -0.25) is 14.4 Å². The first kappa shape index (κ1) is 17.7. The fourth-order valence-electron chi connectivity index (χ4n) is 3.48. The third-order valence-corrected chi connectivity index (χ3v) is 5.59. The second-order valence-corrected chi connectivity index (χ2v) is 7.45. The van der Waals surface area contributed by atoms with Crippen molar-refractivity contribution in [2.24, 2.45) is 0 Å². The highest BCUT2D eigenvalue weighted by atomic mass is 32.2. The minimum Gasteiger partial charge on any atom is -0.327 e. The van der Waals surface area contributed by atoms with Gasteiger partial charge in [-0.25, -0.2) is 14.9 Å². The first-order valence-corrected chi connectivity index (χ1v) is 9.74. The van der Waals surface area contributed by atoms with E-state index in [0.29, 0.717) is 29.4 Å². The molecule has 2 aliphatic heterocycles. The summed E-state index contributed by atoms with van der Waals surface area (Å²) in [7, 11) is 0. The Morgan fingerprint density at radius 3 is 2.89 bits per heavy atom. The zero-order valence-electron chi connectivity index (χ0n) is 14.8. The van der Waals surface area contributed by atoms with Crippen LogP contribution in [0, 0.1) is 6.92 Å². The number of carbonyl (C=O) groups is 3. The number of benzene rings is 1. The van der Waals surface area contributed by atoms with Crippen LogP contribution in [0.25, 0.3) is 0 Å². The molecule has 1 saturated heterocycles. The summed E-state index contributed by atoms with van der Waals surface area (Å²) in [6.07, 6.45) is 2.98. The van der Waals surface area contributed by atoms with Crippen molar-refractivity contribution in [2.75, 3.05) is 17.2 Å². The van der Waals surface area contributed by atoms with Crippen LogP contribution in [-0.4, -0.2) is 50.9 Å². The third kappa shape index (κ3) is 3.21. The standard InChI is InChI=1S/C19H18N4O3S/c1-12-8-9-20-19(21-12)27-11-16(24)23-14-6-3-2-5-13(14)17(25)22-10-4-7-15(22)18(23)26/h2-3,5-6,8-9,15H,4,7,10-11H2,1H3. The Morgan fingerprint density at radius 2 is 2.07 bits per heavy atom. The molecule has 2 aliphatic rings. The van der Waals surface area contributed by atoms with Gasteiger partial charge in [0.15, 0.2) is 5.16 Å². The van der Waals surface area contributed by atoms with Crippen molar-refractivity contribution in [3.63, 3.8) is 0 Å². The van der Waals surface area contributed by atoms with Crippen molar-refractivity contribution >= 4 is 35.2 Å². The Hall–Kier alpha value is -2.74. The van der Waals surface area contributed by atoms with Crippen LogP contribution in [0.15, 0.2) is 41.7 Å². The number of amides is 3. The van der Waals surface area contributed by atoms with Crippen LogP contribution in [0.2, 0.25) is 0 Å². The summed E-state index contributed by atoms with van der Waals surface area (Å²) in [5.74, 6) is -0.873. The van der Waals surface area contributed by atoms with E-state index < -0.39 is 6.04 Å². The molecular formula is C19H18N4O3S. The first-order valence-electron chi connectivity index (χ1n) is 8.75. The molecule has 0 bridgehead atoms. The third-order valence-electron chi connectivity index (χ3n) is 4.74. The smallest absolute Gasteiger partial charge is 0.256 e. The Morgan fingerprint density at radius 1 is 1.26 bits per heavy atom. The van der Waals surface area contributed by atoms with E-state index in [9.17, 15) is 14.4 Å². The van der Waals surface area contributed by atoms with E-state index in [1.54, 1.807) is 41.4 Å². The molecule has 1 unspecified atom stereocenters. The number of imide groups is 1. The normalized spacial score (nSPS) is 18.9. The van der Waals surface area contributed by atoms with E-state index in [-0.39, 0.29) is 23.5 Å². The summed E-state index contributed by atoms with van der Waals surface area (Å²) >= 11 is 1.18. The van der Waals surface area contributed by atoms with Crippen LogP contribution >= 0.6 is 11.8 Å². The average Bonchev–Trinajstić information content (AvgIpc) is 3.13. The highest BCUT2D eigenvalue weighted by Gasteiger charge is 2.43. The molecule has 4 rings (SSSR count). The van der Waals surface area contributed by atoms with Gasteiger partial charge in [-0.05, 0) is 38.0 Å². The van der Waals surface area contributed by atoms with Gasteiger partial charge in [-0.1, -0.05) is 23.9 Å². The fraction of sp³-hybridized carbons (Fsp3) is 0.316. The Labute approximate surface area is 160 Å². The van der Waals surface area contributed by atoms with Gasteiger partial charge in [0, 0.05) is 18.4 Å². The SMILES string of the molecule is Cc1ccnc(SCC(=O)N2C(=O)C3CCCN3C(=O)c3ccccc32)n1. The van der Waals surface area contributed by atoms with Gasteiger partial charge in [0.2, 0.25) is 5.91 Å². The Balaban J connectivity index is 1.65. The van der Waals surface area contributed by atoms with Gasteiger partial charge in [0.05, 0.1) is 17.0 Å². The van der Waals surface area contributed by atoms with E-state index >= 15 is 0 Å². The van der Waals surface area contributed by atoms with E-state index in [1.165, 1.54) is 16.7 Å². The molecule has 27 heavy (non-hydrogen) atoms. The predicted octanol–water partition coefficient (Wildman–Crippen LogP) is 2.06. The van der Waals surface area contributed by atoms with Gasteiger partial charge in [0.25, 0.3) is 11.8 Å². The second-order valence-electron chi connectivity index (χ2n) is 6.51. The molecule has 0 radical (unpaired) electrons. The number of hydrogen-bond donors (Lipinski definition) is 0. The molecule has 0 aliphatic carbocycles. The molecule has 1 aromatic carbocycles. The number of carbonyl (C=O) groups excluding carboxylic acids is 3. The van der Waals surface area contributed by atoms with E-state index in [1.807, 2.05) is 6.92 Å². The van der Waals surface area contributed by atoms with Crippen LogP contribution < -0.4 is 4.90 Å². The highest BCUT2D eigenvalue weighted by Crippen LogP contribution is 2.33. The number of aromatic nitrogens is 2. The molecule has 0 saturated carbocycles. The lowest BCUT2D eigenvalue weighted by atomic mass is 10.1. The highest BCUT2D eigenvalue weighted by molar-refractivity contribution is 7.99. The molecule has 1 atom stereocenters. The molecule has 2 aromatic rings. The summed E-state index contributed by atoms with van der Waals surface area (Å²) in [4.78, 5) is 50.1. The molecule has 7 nitrogen and oxygen atoms in total. The molecule has 3 amide bonds. The minimum absolute atomic E-state index is 0.0183. The predicted molar refractivity (Wildman–Crippen MR) is 100 cm³/mol. The van der Waals surface area contributed by atoms with Crippen LogP contribution in [0.5, 0.6) is 0 Å². The summed E-state index contributed by atoms with van der Waals surface area (Å²) in [5, 5.41) is 0.484. The molecule has 1 fully saturated rings. The maximum atomic E-state index is 13.1. The van der Waals surface area contributed by atoms with Crippen LogP contribution in [-0.2, 0) is 9.59 Å². The van der Waals surface area contributed by atoms with Crippen molar-refractivity contribution in [1.29, 1.82) is 0 Å². The van der Waals surface area contributed by atoms with Crippen molar-refractivity contribution in [3.8, 4) is 0 Å². The van der Waals surface area contributed by atoms with E-state index in [0.717, 1.165) is 12.1 Å². The first-order chi connectivity index (χ1) is 13.1. The van der Waals surface area contributed by atoms with Gasteiger partial charge in [-0.2, -0.15) is 0 Å². The van der Waals surface area contributed by atoms with Gasteiger partial charge in [-0.15, -0.1) is 0 Å². The number of anilines is 1. The largest absolute Gasteiger partial charge is 0.327 e. The van der Waals surface area contributed by atoms with E-state index in [2.05, 4.69) is 9.97 Å². The number of para-hydroxylation sites is 1. The lowest BCUT2D eigenvalue weighted by molar-refractivity contribution is -0.127. The summed E-state index contributed by atoms with van der Waals surface area (Å²) < 4.78 is 0. The van der Waals surface area contributed by atoms with Crippen molar-refractivity contribution in [2.45, 2.75) is 31.0 Å². The van der Waals surface area contributed by atoms with Crippen LogP contribution in [0.4, 0.5) is 5.69 Å². The topological polar surface area (TPSA) is 83.5 Å². The van der Waals surface area contributed by atoms with Crippen LogP contribution in [0.3, 0.4) is 0 Å². The lowest BCUT2D eigenvalue weighted by Crippen LogP contribution is -2.47. The van der Waals surface area contributed by atoms with Gasteiger partial charge >= 0.3 is 0 Å². The monoisotopic (exact) mass is 382 g/mol. The van der Waals surface area contributed by atoms with Crippen molar-refractivity contribution in [3.05, 3.63) is 47.8 Å². The van der Waals surface area contributed by atoms with Crippen molar-refractivity contribution in [1.82, 2.24) is 14.9 Å². The molecule has 0 N–H and O–H groups in total. The number of rotatable bonds is 3. The maximum Gasteiger partial charge on any atom is 0.256 e.